The second-order valence-corrected chi connectivity index (χ2v) is 9.62. The standard InChI is InChI=1S/C28H25ClFNO3S/c1-2-34-28(33)22-18-31(25-17-23(29)24(30)16-21(25)26(22)32)14-9-15-35-27(19-10-5-3-6-11-19)20-12-7-4-8-13-20/h3-8,10-13,16-18,27H,2,9,14-15H2,1H3. The van der Waals surface area contributed by atoms with Crippen molar-refractivity contribution < 1.29 is 13.9 Å². The summed E-state index contributed by atoms with van der Waals surface area (Å²) in [6.45, 7) is 2.33. The fourth-order valence-corrected chi connectivity index (χ4v) is 5.39. The minimum absolute atomic E-state index is 0.0721. The largest absolute Gasteiger partial charge is 0.462 e. The Labute approximate surface area is 212 Å². The van der Waals surface area contributed by atoms with Gasteiger partial charge in [0, 0.05) is 18.1 Å². The number of fused-ring (bicyclic) bond motifs is 1. The zero-order valence-corrected chi connectivity index (χ0v) is 20.8. The van der Waals surface area contributed by atoms with Gasteiger partial charge in [-0.15, -0.1) is 11.8 Å². The summed E-state index contributed by atoms with van der Waals surface area (Å²) in [5.41, 5.74) is 2.27. The SMILES string of the molecule is CCOC(=O)c1cn(CCCSC(c2ccccc2)c2ccccc2)c2cc(Cl)c(F)cc2c1=O. The molecule has 1 heterocycles. The van der Waals surface area contributed by atoms with Crippen LogP contribution < -0.4 is 5.43 Å². The van der Waals surface area contributed by atoms with Gasteiger partial charge in [0.05, 0.1) is 22.4 Å². The predicted octanol–water partition coefficient (Wildman–Crippen LogP) is 6.88. The second-order valence-electron chi connectivity index (χ2n) is 7.99. The van der Waals surface area contributed by atoms with Crippen LogP contribution >= 0.6 is 23.4 Å². The third kappa shape index (κ3) is 5.77. The molecule has 0 N–H and O–H groups in total. The summed E-state index contributed by atoms with van der Waals surface area (Å²) >= 11 is 7.84. The molecule has 4 rings (SSSR count). The minimum Gasteiger partial charge on any atom is -0.462 e. The number of hydrogen-bond donors (Lipinski definition) is 0. The lowest BCUT2D eigenvalue weighted by Gasteiger charge is -2.18. The predicted molar refractivity (Wildman–Crippen MR) is 141 cm³/mol. The maximum Gasteiger partial charge on any atom is 0.343 e. The number of carbonyl (C=O) groups is 1. The summed E-state index contributed by atoms with van der Waals surface area (Å²) in [6.07, 6.45) is 2.25. The summed E-state index contributed by atoms with van der Waals surface area (Å²) in [5.74, 6) is -0.592. The summed E-state index contributed by atoms with van der Waals surface area (Å²) in [4.78, 5) is 25.3. The number of carbonyl (C=O) groups excluding carboxylic acids is 1. The third-order valence-electron chi connectivity index (χ3n) is 5.65. The van der Waals surface area contributed by atoms with E-state index in [-0.39, 0.29) is 27.8 Å². The van der Waals surface area contributed by atoms with Gasteiger partial charge in [0.25, 0.3) is 0 Å². The smallest absolute Gasteiger partial charge is 0.343 e. The van der Waals surface area contributed by atoms with Crippen molar-refractivity contribution in [1.29, 1.82) is 0 Å². The highest BCUT2D eigenvalue weighted by molar-refractivity contribution is 7.99. The zero-order chi connectivity index (χ0) is 24.8. The second kappa shape index (κ2) is 11.6. The Morgan fingerprint density at radius 1 is 1.06 bits per heavy atom. The average molecular weight is 510 g/mol. The van der Waals surface area contributed by atoms with Crippen molar-refractivity contribution in [1.82, 2.24) is 4.57 Å². The van der Waals surface area contributed by atoms with E-state index < -0.39 is 17.2 Å². The van der Waals surface area contributed by atoms with Crippen LogP contribution in [0.15, 0.2) is 83.8 Å². The van der Waals surface area contributed by atoms with Crippen molar-refractivity contribution in [3.05, 3.63) is 117 Å². The molecule has 1 aromatic heterocycles. The average Bonchev–Trinajstić information content (AvgIpc) is 2.87. The van der Waals surface area contributed by atoms with E-state index >= 15 is 0 Å². The van der Waals surface area contributed by atoms with Crippen LogP contribution in [0.25, 0.3) is 10.9 Å². The molecule has 35 heavy (non-hydrogen) atoms. The van der Waals surface area contributed by atoms with Crippen molar-refractivity contribution in [2.75, 3.05) is 12.4 Å². The fraction of sp³-hybridized carbons (Fsp3) is 0.214. The highest BCUT2D eigenvalue weighted by Crippen LogP contribution is 2.36. The lowest BCUT2D eigenvalue weighted by Crippen LogP contribution is -2.21. The van der Waals surface area contributed by atoms with Gasteiger partial charge in [0.15, 0.2) is 0 Å². The Balaban J connectivity index is 1.58. The Morgan fingerprint density at radius 2 is 1.69 bits per heavy atom. The van der Waals surface area contributed by atoms with E-state index in [0.717, 1.165) is 18.2 Å². The maximum atomic E-state index is 14.2. The zero-order valence-electron chi connectivity index (χ0n) is 19.2. The van der Waals surface area contributed by atoms with Crippen molar-refractivity contribution in [2.45, 2.75) is 25.1 Å². The first-order valence-corrected chi connectivity index (χ1v) is 12.8. The summed E-state index contributed by atoms with van der Waals surface area (Å²) in [7, 11) is 0. The molecule has 7 heteroatoms. The quantitative estimate of drug-likeness (QED) is 0.182. The van der Waals surface area contributed by atoms with Crippen LogP contribution in [0, 0.1) is 5.82 Å². The molecule has 0 fully saturated rings. The van der Waals surface area contributed by atoms with Gasteiger partial charge in [0.2, 0.25) is 5.43 Å². The first-order chi connectivity index (χ1) is 17.0. The van der Waals surface area contributed by atoms with Gasteiger partial charge in [-0.1, -0.05) is 72.3 Å². The van der Waals surface area contributed by atoms with Crippen molar-refractivity contribution in [2.24, 2.45) is 0 Å². The van der Waals surface area contributed by atoms with E-state index in [1.54, 1.807) is 11.5 Å². The van der Waals surface area contributed by atoms with Gasteiger partial charge < -0.3 is 9.30 Å². The Morgan fingerprint density at radius 3 is 2.29 bits per heavy atom. The highest BCUT2D eigenvalue weighted by atomic mass is 35.5. The molecule has 3 aromatic carbocycles. The van der Waals surface area contributed by atoms with Gasteiger partial charge in [-0.25, -0.2) is 9.18 Å². The molecule has 0 aliphatic rings. The lowest BCUT2D eigenvalue weighted by molar-refractivity contribution is 0.0524. The number of esters is 1. The van der Waals surface area contributed by atoms with Crippen molar-refractivity contribution in [3.8, 4) is 0 Å². The van der Waals surface area contributed by atoms with Gasteiger partial charge >= 0.3 is 5.97 Å². The normalized spacial score (nSPS) is 11.2. The number of benzene rings is 3. The van der Waals surface area contributed by atoms with E-state index in [9.17, 15) is 14.0 Å². The number of nitrogens with zero attached hydrogens (tertiary/aromatic N) is 1. The van der Waals surface area contributed by atoms with E-state index in [4.69, 9.17) is 16.3 Å². The van der Waals surface area contributed by atoms with E-state index in [0.29, 0.717) is 12.1 Å². The summed E-state index contributed by atoms with van der Waals surface area (Å²) < 4.78 is 21.0. The lowest BCUT2D eigenvalue weighted by atomic mass is 10.0. The molecule has 0 amide bonds. The van der Waals surface area contributed by atoms with Crippen molar-refractivity contribution >= 4 is 40.2 Å². The number of ether oxygens (including phenoxy) is 1. The Kier molecular flexibility index (Phi) is 8.26. The number of thioether (sulfide) groups is 1. The first kappa shape index (κ1) is 25.0. The van der Waals surface area contributed by atoms with Gasteiger partial charge in [-0.3, -0.25) is 4.79 Å². The van der Waals surface area contributed by atoms with Crippen LogP contribution in [-0.4, -0.2) is 22.9 Å². The van der Waals surface area contributed by atoms with Gasteiger partial charge in [-0.2, -0.15) is 0 Å². The number of hydrogen-bond acceptors (Lipinski definition) is 4. The Bertz CT molecular complexity index is 1340. The van der Waals surface area contributed by atoms with E-state index in [1.807, 2.05) is 48.2 Å². The van der Waals surface area contributed by atoms with Crippen LogP contribution in [0.4, 0.5) is 4.39 Å². The van der Waals surface area contributed by atoms with E-state index in [1.165, 1.54) is 23.4 Å². The number of aromatic nitrogens is 1. The molecule has 0 saturated heterocycles. The molecule has 0 spiro atoms. The molecule has 4 aromatic rings. The third-order valence-corrected chi connectivity index (χ3v) is 7.34. The number of aryl methyl sites for hydroxylation is 1. The van der Waals surface area contributed by atoms with Crippen LogP contribution in [0.3, 0.4) is 0 Å². The fourth-order valence-electron chi connectivity index (χ4n) is 4.00. The molecule has 0 aliphatic carbocycles. The number of pyridine rings is 1. The molecular weight excluding hydrogens is 485 g/mol. The monoisotopic (exact) mass is 509 g/mol. The molecule has 0 bridgehead atoms. The molecule has 0 aliphatic heterocycles. The summed E-state index contributed by atoms with van der Waals surface area (Å²) in [6, 6.07) is 23.2. The molecule has 0 unspecified atom stereocenters. The summed E-state index contributed by atoms with van der Waals surface area (Å²) in [5, 5.41) is 0.218. The molecular formula is C28H25ClFNO3S. The van der Waals surface area contributed by atoms with Crippen LogP contribution in [0.2, 0.25) is 5.02 Å². The van der Waals surface area contributed by atoms with Crippen LogP contribution in [-0.2, 0) is 11.3 Å². The highest BCUT2D eigenvalue weighted by Gasteiger charge is 2.19. The number of rotatable bonds is 9. The first-order valence-electron chi connectivity index (χ1n) is 11.4. The minimum atomic E-state index is -0.717. The number of halogens is 2. The Hall–Kier alpha value is -3.09. The topological polar surface area (TPSA) is 48.3 Å². The molecule has 4 nitrogen and oxygen atoms in total. The molecule has 0 saturated carbocycles. The maximum absolute atomic E-state index is 14.2. The molecule has 0 radical (unpaired) electrons. The molecule has 0 atom stereocenters. The molecule has 180 valence electrons. The van der Waals surface area contributed by atoms with Crippen molar-refractivity contribution in [3.63, 3.8) is 0 Å². The van der Waals surface area contributed by atoms with Crippen LogP contribution in [0.1, 0.15) is 40.1 Å². The van der Waals surface area contributed by atoms with Crippen LogP contribution in [0.5, 0.6) is 0 Å². The van der Waals surface area contributed by atoms with Gasteiger partial charge in [0.1, 0.15) is 11.4 Å². The van der Waals surface area contributed by atoms with E-state index in [2.05, 4.69) is 24.3 Å². The van der Waals surface area contributed by atoms with Gasteiger partial charge in [-0.05, 0) is 42.4 Å².